The molecule has 2 unspecified atom stereocenters. The minimum Gasteiger partial charge on any atom is -0.392 e. The molecule has 0 aromatic carbocycles. The lowest BCUT2D eigenvalue weighted by molar-refractivity contribution is 0.141. The molecule has 0 amide bonds. The number of fused-ring (bicyclic) bond motifs is 1. The van der Waals surface area contributed by atoms with Crippen LogP contribution in [0.2, 0.25) is 0 Å². The van der Waals surface area contributed by atoms with Gasteiger partial charge in [-0.2, -0.15) is 0 Å². The fourth-order valence-corrected chi connectivity index (χ4v) is 2.72. The summed E-state index contributed by atoms with van der Waals surface area (Å²) in [6.07, 6.45) is 7.69. The van der Waals surface area contributed by atoms with E-state index in [0.717, 1.165) is 24.1 Å². The number of aryl methyl sites for hydroxylation is 1. The second kappa shape index (κ2) is 4.86. The van der Waals surface area contributed by atoms with Gasteiger partial charge in [-0.3, -0.25) is 9.97 Å². The third kappa shape index (κ3) is 2.14. The van der Waals surface area contributed by atoms with Gasteiger partial charge in [0, 0.05) is 30.2 Å². The normalized spacial score (nSPS) is 19.5. The SMILES string of the molecule is OC(Cc1ccncc1)C1CCc2cccnc21. The lowest BCUT2D eigenvalue weighted by Gasteiger charge is -2.18. The maximum Gasteiger partial charge on any atom is 0.0664 e. The van der Waals surface area contributed by atoms with Gasteiger partial charge < -0.3 is 5.11 Å². The van der Waals surface area contributed by atoms with Crippen molar-refractivity contribution in [1.29, 1.82) is 0 Å². The third-order valence-electron chi connectivity index (χ3n) is 3.66. The van der Waals surface area contributed by atoms with Gasteiger partial charge in [0.2, 0.25) is 0 Å². The van der Waals surface area contributed by atoms with Crippen LogP contribution in [-0.4, -0.2) is 21.2 Å². The summed E-state index contributed by atoms with van der Waals surface area (Å²) in [5.41, 5.74) is 3.50. The number of hydrogen-bond donors (Lipinski definition) is 1. The molecule has 3 heteroatoms. The zero-order valence-corrected chi connectivity index (χ0v) is 10.2. The van der Waals surface area contributed by atoms with Crippen molar-refractivity contribution >= 4 is 0 Å². The summed E-state index contributed by atoms with van der Waals surface area (Å²) in [4.78, 5) is 8.42. The van der Waals surface area contributed by atoms with Gasteiger partial charge in [-0.25, -0.2) is 0 Å². The Labute approximate surface area is 107 Å². The maximum atomic E-state index is 10.4. The van der Waals surface area contributed by atoms with Crippen LogP contribution >= 0.6 is 0 Å². The van der Waals surface area contributed by atoms with E-state index in [4.69, 9.17) is 0 Å². The van der Waals surface area contributed by atoms with Gasteiger partial charge in [-0.15, -0.1) is 0 Å². The molecule has 0 fully saturated rings. The Hall–Kier alpha value is -1.74. The quantitative estimate of drug-likeness (QED) is 0.893. The summed E-state index contributed by atoms with van der Waals surface area (Å²) in [5, 5.41) is 10.4. The van der Waals surface area contributed by atoms with E-state index in [9.17, 15) is 5.11 Å². The number of aliphatic hydroxyl groups is 1. The van der Waals surface area contributed by atoms with Crippen LogP contribution in [0.5, 0.6) is 0 Å². The van der Waals surface area contributed by atoms with E-state index in [1.54, 1.807) is 12.4 Å². The highest BCUT2D eigenvalue weighted by Crippen LogP contribution is 2.34. The van der Waals surface area contributed by atoms with Crippen LogP contribution in [0.4, 0.5) is 0 Å². The van der Waals surface area contributed by atoms with Crippen molar-refractivity contribution in [3.8, 4) is 0 Å². The van der Waals surface area contributed by atoms with Crippen molar-refractivity contribution in [3.05, 3.63) is 59.7 Å². The van der Waals surface area contributed by atoms with E-state index >= 15 is 0 Å². The fourth-order valence-electron chi connectivity index (χ4n) is 2.72. The second-order valence-electron chi connectivity index (χ2n) is 4.82. The molecule has 0 aliphatic heterocycles. The predicted octanol–water partition coefficient (Wildman–Crippen LogP) is 2.11. The maximum absolute atomic E-state index is 10.4. The minimum atomic E-state index is -0.358. The summed E-state index contributed by atoms with van der Waals surface area (Å²) in [6, 6.07) is 7.99. The fraction of sp³-hybridized carbons (Fsp3) is 0.333. The molecule has 92 valence electrons. The van der Waals surface area contributed by atoms with Crippen LogP contribution in [0.1, 0.15) is 29.2 Å². The first-order valence-corrected chi connectivity index (χ1v) is 6.35. The Kier molecular flexibility index (Phi) is 3.07. The first kappa shape index (κ1) is 11.4. The molecule has 3 nitrogen and oxygen atoms in total. The largest absolute Gasteiger partial charge is 0.392 e. The summed E-state index contributed by atoms with van der Waals surface area (Å²) in [7, 11) is 0. The molecule has 0 spiro atoms. The average Bonchev–Trinajstić information content (AvgIpc) is 2.84. The molecule has 2 aromatic rings. The lowest BCUT2D eigenvalue weighted by atomic mass is 9.94. The Balaban J connectivity index is 1.77. The van der Waals surface area contributed by atoms with Gasteiger partial charge in [0.15, 0.2) is 0 Å². The lowest BCUT2D eigenvalue weighted by Crippen LogP contribution is -2.20. The van der Waals surface area contributed by atoms with E-state index in [1.165, 1.54) is 5.56 Å². The summed E-state index contributed by atoms with van der Waals surface area (Å²) in [6.45, 7) is 0. The highest BCUT2D eigenvalue weighted by atomic mass is 16.3. The van der Waals surface area contributed by atoms with Crippen molar-refractivity contribution < 1.29 is 5.11 Å². The van der Waals surface area contributed by atoms with E-state index < -0.39 is 0 Å². The van der Waals surface area contributed by atoms with Crippen molar-refractivity contribution in [2.75, 3.05) is 0 Å². The zero-order valence-electron chi connectivity index (χ0n) is 10.2. The standard InChI is InChI=1S/C15H16N2O/c18-14(10-11-5-8-16-9-6-11)13-4-3-12-2-1-7-17-15(12)13/h1-2,5-9,13-14,18H,3-4,10H2. The molecule has 1 aliphatic carbocycles. The van der Waals surface area contributed by atoms with Crippen LogP contribution in [0.25, 0.3) is 0 Å². The average molecular weight is 240 g/mol. The molecular formula is C15H16N2O. The topological polar surface area (TPSA) is 46.0 Å². The Morgan fingerprint density at radius 2 is 2.06 bits per heavy atom. The molecule has 1 N–H and O–H groups in total. The molecule has 0 radical (unpaired) electrons. The van der Waals surface area contributed by atoms with Gasteiger partial charge in [0.25, 0.3) is 0 Å². The van der Waals surface area contributed by atoms with Crippen molar-refractivity contribution in [3.63, 3.8) is 0 Å². The van der Waals surface area contributed by atoms with E-state index in [1.807, 2.05) is 24.4 Å². The molecule has 18 heavy (non-hydrogen) atoms. The Morgan fingerprint density at radius 1 is 1.22 bits per heavy atom. The number of rotatable bonds is 3. The van der Waals surface area contributed by atoms with Gasteiger partial charge in [-0.1, -0.05) is 6.07 Å². The summed E-state index contributed by atoms with van der Waals surface area (Å²) < 4.78 is 0. The molecule has 1 aliphatic rings. The minimum absolute atomic E-state index is 0.175. The number of aliphatic hydroxyl groups excluding tert-OH is 1. The molecule has 2 aromatic heterocycles. The smallest absolute Gasteiger partial charge is 0.0664 e. The van der Waals surface area contributed by atoms with Crippen LogP contribution in [0.3, 0.4) is 0 Å². The van der Waals surface area contributed by atoms with Crippen LogP contribution in [-0.2, 0) is 12.8 Å². The monoisotopic (exact) mass is 240 g/mol. The van der Waals surface area contributed by atoms with Gasteiger partial charge in [0.05, 0.1) is 6.10 Å². The highest BCUT2D eigenvalue weighted by molar-refractivity contribution is 5.30. The number of pyridine rings is 2. The number of aromatic nitrogens is 2. The molecule has 2 heterocycles. The van der Waals surface area contributed by atoms with Gasteiger partial charge >= 0.3 is 0 Å². The number of hydrogen-bond acceptors (Lipinski definition) is 3. The zero-order chi connectivity index (χ0) is 12.4. The summed E-state index contributed by atoms with van der Waals surface area (Å²) in [5.74, 6) is 0.175. The molecular weight excluding hydrogens is 224 g/mol. The molecule has 0 saturated carbocycles. The molecule has 3 rings (SSSR count). The molecule has 0 bridgehead atoms. The third-order valence-corrected chi connectivity index (χ3v) is 3.66. The van der Waals surface area contributed by atoms with E-state index in [-0.39, 0.29) is 12.0 Å². The van der Waals surface area contributed by atoms with Crippen molar-refractivity contribution in [2.24, 2.45) is 0 Å². The highest BCUT2D eigenvalue weighted by Gasteiger charge is 2.29. The van der Waals surface area contributed by atoms with E-state index in [2.05, 4.69) is 16.0 Å². The predicted molar refractivity (Wildman–Crippen MR) is 69.2 cm³/mol. The van der Waals surface area contributed by atoms with Crippen LogP contribution < -0.4 is 0 Å². The summed E-state index contributed by atoms with van der Waals surface area (Å²) >= 11 is 0. The van der Waals surface area contributed by atoms with Crippen molar-refractivity contribution in [1.82, 2.24) is 9.97 Å². The first-order valence-electron chi connectivity index (χ1n) is 6.35. The number of nitrogens with zero attached hydrogens (tertiary/aromatic N) is 2. The Bertz CT molecular complexity index is 527. The first-order chi connectivity index (χ1) is 8.84. The van der Waals surface area contributed by atoms with Gasteiger partial charge in [-0.05, 0) is 48.6 Å². The molecule has 0 saturated heterocycles. The van der Waals surface area contributed by atoms with E-state index in [0.29, 0.717) is 6.42 Å². The molecule has 2 atom stereocenters. The van der Waals surface area contributed by atoms with Crippen LogP contribution in [0.15, 0.2) is 42.9 Å². The Morgan fingerprint density at radius 3 is 2.89 bits per heavy atom. The van der Waals surface area contributed by atoms with Crippen molar-refractivity contribution in [2.45, 2.75) is 31.3 Å². The van der Waals surface area contributed by atoms with Gasteiger partial charge in [0.1, 0.15) is 0 Å². The second-order valence-corrected chi connectivity index (χ2v) is 4.82. The van der Waals surface area contributed by atoms with Crippen LogP contribution in [0, 0.1) is 0 Å².